The monoisotopic (exact) mass is 230 g/mol. The van der Waals surface area contributed by atoms with E-state index in [4.69, 9.17) is 0 Å². The zero-order valence-corrected chi connectivity index (χ0v) is 11.7. The van der Waals surface area contributed by atoms with Crippen molar-refractivity contribution in [2.45, 2.75) is 59.0 Å². The van der Waals surface area contributed by atoms with Crippen LogP contribution in [0.3, 0.4) is 0 Å². The van der Waals surface area contributed by atoms with Crippen molar-refractivity contribution in [1.29, 1.82) is 0 Å². The minimum atomic E-state index is -0.124. The van der Waals surface area contributed by atoms with Crippen LogP contribution in [0.1, 0.15) is 47.5 Å². The predicted molar refractivity (Wildman–Crippen MR) is 70.8 cm³/mol. The van der Waals surface area contributed by atoms with Gasteiger partial charge in [-0.1, -0.05) is 27.7 Å². The molecule has 98 valence electrons. The topological polar surface area (TPSA) is 35.5 Å². The van der Waals surface area contributed by atoms with Gasteiger partial charge in [0.2, 0.25) is 0 Å². The Kier molecular flexibility index (Phi) is 7.98. The van der Waals surface area contributed by atoms with Gasteiger partial charge in [0.1, 0.15) is 0 Å². The summed E-state index contributed by atoms with van der Waals surface area (Å²) in [6, 6.07) is 0.422. The van der Waals surface area contributed by atoms with E-state index in [-0.39, 0.29) is 12.1 Å². The lowest BCUT2D eigenvalue weighted by atomic mass is 9.95. The maximum Gasteiger partial charge on any atom is 0.0610 e. The van der Waals surface area contributed by atoms with Crippen LogP contribution in [0, 0.1) is 0 Å². The fraction of sp³-hybridized carbons (Fsp3) is 1.00. The van der Waals surface area contributed by atoms with Crippen molar-refractivity contribution in [3.8, 4) is 0 Å². The molecule has 1 atom stereocenters. The van der Waals surface area contributed by atoms with E-state index in [0.717, 1.165) is 32.5 Å². The summed E-state index contributed by atoms with van der Waals surface area (Å²) < 4.78 is 0. The first-order valence-electron chi connectivity index (χ1n) is 6.58. The summed E-state index contributed by atoms with van der Waals surface area (Å²) in [6.45, 7) is 14.3. The van der Waals surface area contributed by atoms with Gasteiger partial charge < -0.3 is 15.3 Å². The molecule has 0 radical (unpaired) electrons. The quantitative estimate of drug-likeness (QED) is 0.634. The normalized spacial score (nSPS) is 15.8. The molecule has 2 N–H and O–H groups in total. The summed E-state index contributed by atoms with van der Waals surface area (Å²) in [4.78, 5) is 2.42. The molecule has 0 aliphatic carbocycles. The van der Waals surface area contributed by atoms with Crippen LogP contribution in [0.2, 0.25) is 0 Å². The van der Waals surface area contributed by atoms with Crippen LogP contribution in [0.5, 0.6) is 0 Å². The maximum atomic E-state index is 9.44. The largest absolute Gasteiger partial charge is 0.394 e. The summed E-state index contributed by atoms with van der Waals surface area (Å²) >= 11 is 0. The number of aliphatic hydroxyl groups is 1. The Hall–Kier alpha value is -0.120. The third kappa shape index (κ3) is 6.46. The lowest BCUT2D eigenvalue weighted by molar-refractivity contribution is 0.149. The van der Waals surface area contributed by atoms with E-state index in [1.165, 1.54) is 0 Å². The number of hydrogen-bond donors (Lipinski definition) is 2. The van der Waals surface area contributed by atoms with E-state index in [1.807, 2.05) is 0 Å². The number of rotatable bonds is 9. The molecule has 0 aliphatic heterocycles. The minimum absolute atomic E-state index is 0.124. The van der Waals surface area contributed by atoms with Crippen molar-refractivity contribution in [2.75, 3.05) is 26.2 Å². The Morgan fingerprint density at radius 3 is 2.19 bits per heavy atom. The number of aliphatic hydroxyl groups excluding tert-OH is 1. The molecule has 0 spiro atoms. The summed E-state index contributed by atoms with van der Waals surface area (Å²) in [6.07, 6.45) is 2.16. The summed E-state index contributed by atoms with van der Waals surface area (Å²) in [5.74, 6) is 0. The van der Waals surface area contributed by atoms with Crippen LogP contribution in [0.15, 0.2) is 0 Å². The molecule has 0 aliphatic rings. The second-order valence-electron chi connectivity index (χ2n) is 5.15. The van der Waals surface area contributed by atoms with Crippen LogP contribution >= 0.6 is 0 Å². The number of hydrogen-bond acceptors (Lipinski definition) is 3. The number of nitrogens with zero attached hydrogens (tertiary/aromatic N) is 1. The predicted octanol–water partition coefficient (Wildman–Crippen LogP) is 1.86. The van der Waals surface area contributed by atoms with Gasteiger partial charge in [-0.25, -0.2) is 0 Å². The third-order valence-corrected chi connectivity index (χ3v) is 3.08. The molecule has 1 unspecified atom stereocenters. The van der Waals surface area contributed by atoms with Crippen molar-refractivity contribution in [1.82, 2.24) is 10.2 Å². The second kappa shape index (κ2) is 8.04. The van der Waals surface area contributed by atoms with Crippen molar-refractivity contribution in [2.24, 2.45) is 0 Å². The first-order valence-corrected chi connectivity index (χ1v) is 6.58. The van der Waals surface area contributed by atoms with Crippen LogP contribution in [0.25, 0.3) is 0 Å². The Morgan fingerprint density at radius 1 is 1.25 bits per heavy atom. The molecule has 3 heteroatoms. The molecule has 0 aromatic carbocycles. The van der Waals surface area contributed by atoms with E-state index in [1.54, 1.807) is 0 Å². The molecule has 0 saturated heterocycles. The van der Waals surface area contributed by atoms with E-state index in [0.29, 0.717) is 6.04 Å². The summed E-state index contributed by atoms with van der Waals surface area (Å²) in [5, 5.41) is 12.9. The van der Waals surface area contributed by atoms with E-state index in [9.17, 15) is 5.11 Å². The van der Waals surface area contributed by atoms with Gasteiger partial charge in [0, 0.05) is 11.6 Å². The smallest absolute Gasteiger partial charge is 0.0610 e. The van der Waals surface area contributed by atoms with Gasteiger partial charge in [-0.2, -0.15) is 0 Å². The Balaban J connectivity index is 3.94. The van der Waals surface area contributed by atoms with Crippen LogP contribution in [-0.2, 0) is 0 Å². The summed E-state index contributed by atoms with van der Waals surface area (Å²) in [7, 11) is 0. The molecule has 16 heavy (non-hydrogen) atoms. The van der Waals surface area contributed by atoms with Crippen molar-refractivity contribution in [3.05, 3.63) is 0 Å². The highest BCUT2D eigenvalue weighted by Crippen LogP contribution is 2.13. The van der Waals surface area contributed by atoms with Crippen molar-refractivity contribution < 1.29 is 5.11 Å². The standard InChI is InChI=1S/C13H30N2O/c1-6-15(7-2)10-8-9-13(5,11-16)14-12(3)4/h12,14,16H,6-11H2,1-5H3. The average Bonchev–Trinajstić information content (AvgIpc) is 2.23. The minimum Gasteiger partial charge on any atom is -0.394 e. The van der Waals surface area contributed by atoms with Gasteiger partial charge >= 0.3 is 0 Å². The number of nitrogens with one attached hydrogen (secondary N) is 1. The van der Waals surface area contributed by atoms with Gasteiger partial charge in [0.05, 0.1) is 6.61 Å². The SMILES string of the molecule is CCN(CC)CCCC(C)(CO)NC(C)C. The van der Waals surface area contributed by atoms with Crippen molar-refractivity contribution in [3.63, 3.8) is 0 Å². The van der Waals surface area contributed by atoms with Crippen molar-refractivity contribution >= 4 is 0 Å². The molecule has 3 nitrogen and oxygen atoms in total. The maximum absolute atomic E-state index is 9.44. The highest BCUT2D eigenvalue weighted by Gasteiger charge is 2.23. The lowest BCUT2D eigenvalue weighted by Crippen LogP contribution is -2.49. The van der Waals surface area contributed by atoms with Gasteiger partial charge in [0.15, 0.2) is 0 Å². The first kappa shape index (κ1) is 15.9. The summed E-state index contributed by atoms with van der Waals surface area (Å²) in [5.41, 5.74) is -0.124. The van der Waals surface area contributed by atoms with Crippen LogP contribution in [0.4, 0.5) is 0 Å². The van der Waals surface area contributed by atoms with E-state index < -0.39 is 0 Å². The molecule has 0 amide bonds. The van der Waals surface area contributed by atoms with E-state index >= 15 is 0 Å². The fourth-order valence-corrected chi connectivity index (χ4v) is 2.13. The molecular formula is C13H30N2O. The van der Waals surface area contributed by atoms with Gasteiger partial charge in [-0.3, -0.25) is 0 Å². The highest BCUT2D eigenvalue weighted by atomic mass is 16.3. The third-order valence-electron chi connectivity index (χ3n) is 3.08. The first-order chi connectivity index (χ1) is 7.47. The van der Waals surface area contributed by atoms with E-state index in [2.05, 4.69) is 44.8 Å². The van der Waals surface area contributed by atoms with Crippen LogP contribution in [-0.4, -0.2) is 47.8 Å². The van der Waals surface area contributed by atoms with Gasteiger partial charge in [0.25, 0.3) is 0 Å². The molecule has 0 aromatic rings. The second-order valence-corrected chi connectivity index (χ2v) is 5.15. The zero-order valence-electron chi connectivity index (χ0n) is 11.7. The molecule has 0 bridgehead atoms. The molecule has 0 aromatic heterocycles. The molecular weight excluding hydrogens is 200 g/mol. The highest BCUT2D eigenvalue weighted by molar-refractivity contribution is 4.84. The molecule has 0 fully saturated rings. The van der Waals surface area contributed by atoms with Gasteiger partial charge in [-0.05, 0) is 39.4 Å². The lowest BCUT2D eigenvalue weighted by Gasteiger charge is -2.32. The molecule has 0 saturated carbocycles. The fourth-order valence-electron chi connectivity index (χ4n) is 2.13. The van der Waals surface area contributed by atoms with Gasteiger partial charge in [-0.15, -0.1) is 0 Å². The van der Waals surface area contributed by atoms with Crippen LogP contribution < -0.4 is 5.32 Å². The Bertz CT molecular complexity index is 169. The molecule has 0 rings (SSSR count). The Labute approximate surface area is 101 Å². The Morgan fingerprint density at radius 2 is 1.81 bits per heavy atom. The zero-order chi connectivity index (χ0) is 12.6. The molecule has 0 heterocycles. The average molecular weight is 230 g/mol.